The van der Waals surface area contributed by atoms with Gasteiger partial charge in [-0.05, 0) is 37.6 Å². The third-order valence-electron chi connectivity index (χ3n) is 3.03. The molecule has 0 radical (unpaired) electrons. The highest BCUT2D eigenvalue weighted by molar-refractivity contribution is 7.89. The van der Waals surface area contributed by atoms with Gasteiger partial charge in [-0.2, -0.15) is 18.3 Å². The van der Waals surface area contributed by atoms with Crippen LogP contribution in [0.15, 0.2) is 23.1 Å². The lowest BCUT2D eigenvalue weighted by molar-refractivity contribution is -0.143. The Balaban J connectivity index is 2.21. The Kier molecular flexibility index (Phi) is 4.95. The molecule has 0 amide bonds. The van der Waals surface area contributed by atoms with Crippen LogP contribution in [0, 0.1) is 19.7 Å². The monoisotopic (exact) mass is 366 g/mol. The molecule has 6 nitrogen and oxygen atoms in total. The molecule has 0 aliphatic carbocycles. The number of alkyl halides is 3. The van der Waals surface area contributed by atoms with Crippen molar-refractivity contribution in [2.75, 3.05) is 0 Å². The second kappa shape index (κ2) is 6.48. The van der Waals surface area contributed by atoms with Gasteiger partial charge in [-0.3, -0.25) is 0 Å². The minimum Gasteiger partial charge on any atom is -0.239 e. The fraction of sp³-hybridized carbons (Fsp3) is 0.385. The lowest BCUT2D eigenvalue weighted by Gasteiger charge is -2.11. The summed E-state index contributed by atoms with van der Waals surface area (Å²) in [6.07, 6.45) is -4.51. The molecule has 0 aliphatic rings. The van der Waals surface area contributed by atoms with E-state index in [1.807, 2.05) is 0 Å². The van der Waals surface area contributed by atoms with E-state index in [4.69, 9.17) is 0 Å². The van der Waals surface area contributed by atoms with E-state index in [1.54, 1.807) is 0 Å². The van der Waals surface area contributed by atoms with Crippen LogP contribution in [-0.4, -0.2) is 29.4 Å². The maximum absolute atomic E-state index is 13.1. The Hall–Kier alpha value is -2.01. The number of rotatable bonds is 5. The minimum atomic E-state index is -4.51. The smallest absolute Gasteiger partial charge is 0.239 e. The standard InChI is InChI=1S/C13H14F4N4O2S/c1-8-5-10(14)3-4-11(8)24(22,23)18-6-12-19-9(2)20-21(12)7-13(15,16)17/h3-5,18H,6-7H2,1-2H3. The van der Waals surface area contributed by atoms with Gasteiger partial charge in [0.2, 0.25) is 10.0 Å². The Bertz CT molecular complexity index is 846. The summed E-state index contributed by atoms with van der Waals surface area (Å²) in [7, 11) is -4.04. The van der Waals surface area contributed by atoms with Crippen LogP contribution < -0.4 is 4.72 Å². The second-order valence-electron chi connectivity index (χ2n) is 5.08. The van der Waals surface area contributed by atoms with E-state index in [0.29, 0.717) is 4.68 Å². The van der Waals surface area contributed by atoms with Gasteiger partial charge in [0, 0.05) is 0 Å². The lowest BCUT2D eigenvalue weighted by atomic mass is 10.2. The Morgan fingerprint density at radius 2 is 1.92 bits per heavy atom. The molecule has 1 heterocycles. The molecule has 0 bridgehead atoms. The third-order valence-corrected chi connectivity index (χ3v) is 4.59. The van der Waals surface area contributed by atoms with Crippen molar-refractivity contribution >= 4 is 10.0 Å². The zero-order chi connectivity index (χ0) is 18.1. The van der Waals surface area contributed by atoms with Gasteiger partial charge in [0.25, 0.3) is 0 Å². The molecule has 0 aliphatic heterocycles. The van der Waals surface area contributed by atoms with Gasteiger partial charge in [0.05, 0.1) is 11.4 Å². The molecule has 1 aromatic carbocycles. The Morgan fingerprint density at radius 3 is 2.50 bits per heavy atom. The van der Waals surface area contributed by atoms with Gasteiger partial charge < -0.3 is 0 Å². The number of aromatic nitrogens is 3. The third kappa shape index (κ3) is 4.51. The molecule has 0 saturated carbocycles. The van der Waals surface area contributed by atoms with Gasteiger partial charge >= 0.3 is 6.18 Å². The molecule has 0 fully saturated rings. The van der Waals surface area contributed by atoms with E-state index in [-0.39, 0.29) is 22.1 Å². The molecule has 0 atom stereocenters. The van der Waals surface area contributed by atoms with Crippen LogP contribution in [0.4, 0.5) is 17.6 Å². The van der Waals surface area contributed by atoms with Crippen LogP contribution in [0.2, 0.25) is 0 Å². The average molecular weight is 366 g/mol. The molecule has 1 N–H and O–H groups in total. The molecule has 1 aromatic heterocycles. The first-order valence-corrected chi connectivity index (χ1v) is 8.19. The van der Waals surface area contributed by atoms with Gasteiger partial charge in [-0.25, -0.2) is 27.2 Å². The largest absolute Gasteiger partial charge is 0.408 e. The summed E-state index contributed by atoms with van der Waals surface area (Å²) in [4.78, 5) is 3.63. The van der Waals surface area contributed by atoms with E-state index in [2.05, 4.69) is 14.8 Å². The number of benzene rings is 1. The van der Waals surface area contributed by atoms with Crippen molar-refractivity contribution in [3.63, 3.8) is 0 Å². The van der Waals surface area contributed by atoms with E-state index in [1.165, 1.54) is 13.8 Å². The summed E-state index contributed by atoms with van der Waals surface area (Å²) in [6, 6.07) is 3.11. The number of sulfonamides is 1. The van der Waals surface area contributed by atoms with Crippen molar-refractivity contribution in [3.8, 4) is 0 Å². The first kappa shape index (κ1) is 18.3. The maximum atomic E-state index is 13.1. The SMILES string of the molecule is Cc1nc(CNS(=O)(=O)c2ccc(F)cc2C)n(CC(F)(F)F)n1. The van der Waals surface area contributed by atoms with Crippen LogP contribution in [-0.2, 0) is 23.1 Å². The Labute approximate surface area is 135 Å². The predicted octanol–water partition coefficient (Wildman–Crippen LogP) is 2.07. The molecule has 0 saturated heterocycles. The highest BCUT2D eigenvalue weighted by Gasteiger charge is 2.30. The number of hydrogen-bond donors (Lipinski definition) is 1. The first-order chi connectivity index (χ1) is 11.0. The molecule has 11 heteroatoms. The van der Waals surface area contributed by atoms with Crippen LogP contribution >= 0.6 is 0 Å². The van der Waals surface area contributed by atoms with Crippen molar-refractivity contribution in [3.05, 3.63) is 41.2 Å². The van der Waals surface area contributed by atoms with Gasteiger partial charge in [-0.15, -0.1) is 0 Å². The summed E-state index contributed by atoms with van der Waals surface area (Å²) in [6.45, 7) is 0.958. The molecule has 0 unspecified atom stereocenters. The molecule has 2 rings (SSSR count). The zero-order valence-corrected chi connectivity index (χ0v) is 13.5. The maximum Gasteiger partial charge on any atom is 0.408 e. The van der Waals surface area contributed by atoms with Crippen LogP contribution in [0.3, 0.4) is 0 Å². The van der Waals surface area contributed by atoms with E-state index >= 15 is 0 Å². The fourth-order valence-corrected chi connectivity index (χ4v) is 3.28. The van der Waals surface area contributed by atoms with Gasteiger partial charge in [0.1, 0.15) is 24.0 Å². The highest BCUT2D eigenvalue weighted by atomic mass is 32.2. The normalized spacial score (nSPS) is 12.6. The summed E-state index contributed by atoms with van der Waals surface area (Å²) < 4.78 is 77.7. The molecular weight excluding hydrogens is 352 g/mol. The fourth-order valence-electron chi connectivity index (χ4n) is 2.08. The number of nitrogens with one attached hydrogen (secondary N) is 1. The van der Waals surface area contributed by atoms with Crippen LogP contribution in [0.1, 0.15) is 17.2 Å². The number of nitrogens with zero attached hydrogens (tertiary/aromatic N) is 3. The number of halogens is 4. The zero-order valence-electron chi connectivity index (χ0n) is 12.7. The summed E-state index contributed by atoms with van der Waals surface area (Å²) >= 11 is 0. The average Bonchev–Trinajstić information content (AvgIpc) is 2.74. The molecule has 2 aromatic rings. The Morgan fingerprint density at radius 1 is 1.25 bits per heavy atom. The summed E-state index contributed by atoms with van der Waals surface area (Å²) in [5.41, 5.74) is 0.176. The van der Waals surface area contributed by atoms with E-state index in [0.717, 1.165) is 18.2 Å². The van der Waals surface area contributed by atoms with Crippen molar-refractivity contribution in [1.82, 2.24) is 19.5 Å². The molecular formula is C13H14F4N4O2S. The highest BCUT2D eigenvalue weighted by Crippen LogP contribution is 2.19. The lowest BCUT2D eigenvalue weighted by Crippen LogP contribution is -2.27. The second-order valence-corrected chi connectivity index (χ2v) is 6.82. The van der Waals surface area contributed by atoms with E-state index in [9.17, 15) is 26.0 Å². The van der Waals surface area contributed by atoms with Crippen molar-refractivity contribution < 1.29 is 26.0 Å². The summed E-state index contributed by atoms with van der Waals surface area (Å²) in [5.74, 6) is -0.674. The van der Waals surface area contributed by atoms with Crippen molar-refractivity contribution in [1.29, 1.82) is 0 Å². The number of hydrogen-bond acceptors (Lipinski definition) is 4. The summed E-state index contributed by atoms with van der Waals surface area (Å²) in [5, 5.41) is 3.60. The molecule has 24 heavy (non-hydrogen) atoms. The topological polar surface area (TPSA) is 76.9 Å². The first-order valence-electron chi connectivity index (χ1n) is 6.71. The number of aryl methyl sites for hydroxylation is 2. The molecule has 0 spiro atoms. The van der Waals surface area contributed by atoms with Crippen molar-refractivity contribution in [2.45, 2.75) is 38.0 Å². The van der Waals surface area contributed by atoms with Crippen LogP contribution in [0.25, 0.3) is 0 Å². The van der Waals surface area contributed by atoms with Gasteiger partial charge in [-0.1, -0.05) is 0 Å². The van der Waals surface area contributed by atoms with E-state index < -0.39 is 35.1 Å². The van der Waals surface area contributed by atoms with Crippen molar-refractivity contribution in [2.24, 2.45) is 0 Å². The van der Waals surface area contributed by atoms with Gasteiger partial charge in [0.15, 0.2) is 0 Å². The predicted molar refractivity (Wildman–Crippen MR) is 76.0 cm³/mol. The molecule has 132 valence electrons. The quantitative estimate of drug-likeness (QED) is 0.822. The van der Waals surface area contributed by atoms with Crippen LogP contribution in [0.5, 0.6) is 0 Å². The minimum absolute atomic E-state index is 0.0893.